The number of carbonyl (C=O) groups excluding carboxylic acids is 2. The predicted molar refractivity (Wildman–Crippen MR) is 163 cm³/mol. The van der Waals surface area contributed by atoms with Crippen molar-refractivity contribution in [2.75, 3.05) is 36.9 Å². The first-order valence-electron chi connectivity index (χ1n) is 13.6. The molecule has 0 unspecified atom stereocenters. The highest BCUT2D eigenvalue weighted by Crippen LogP contribution is 2.35. The average Bonchev–Trinajstić information content (AvgIpc) is 3.03. The maximum atomic E-state index is 13.9. The minimum Gasteiger partial charge on any atom is -0.493 e. The quantitative estimate of drug-likeness (QED) is 0.210. The number of nitrogens with one attached hydrogen (secondary N) is 2. The normalized spacial score (nSPS) is 11.4. The summed E-state index contributed by atoms with van der Waals surface area (Å²) in [4.78, 5) is 26.0. The Bertz CT molecular complexity index is 1770. The number of alkyl halides is 3. The van der Waals surface area contributed by atoms with E-state index in [1.165, 1.54) is 38.5 Å². The Morgan fingerprint density at radius 1 is 0.822 bits per heavy atom. The number of para-hydroxylation sites is 1. The Balaban J connectivity index is 1.62. The molecular weight excluding hydrogens is 611 g/mol. The fraction of sp³-hybridized carbons (Fsp3) is 0.188. The highest BCUT2D eigenvalue weighted by atomic mass is 32.2. The number of hydrogen-bond acceptors (Lipinski definition) is 6. The van der Waals surface area contributed by atoms with Crippen LogP contribution in [-0.4, -0.2) is 47.5 Å². The second-order valence-electron chi connectivity index (χ2n) is 9.66. The van der Waals surface area contributed by atoms with E-state index in [4.69, 9.17) is 9.47 Å². The standard InChI is InChI=1S/C32H30F3N3O6S/c1-43-28-16-15-25(20-29(28)44-2)45(41,42)38(24-12-8-11-23(19-24)32(33,34)35)21-30(39)37-27-14-7-6-13-26(27)31(40)36-18-17-22-9-4-3-5-10-22/h3-16,19-20H,17-18,21H2,1-2H3,(H,36,40)(H,37,39). The summed E-state index contributed by atoms with van der Waals surface area (Å²) in [7, 11) is -1.99. The van der Waals surface area contributed by atoms with Crippen LogP contribution in [0.4, 0.5) is 24.5 Å². The third-order valence-corrected chi connectivity index (χ3v) is 8.45. The molecule has 0 aliphatic carbocycles. The van der Waals surface area contributed by atoms with Crippen LogP contribution in [0.25, 0.3) is 0 Å². The first-order valence-corrected chi connectivity index (χ1v) is 15.0. The summed E-state index contributed by atoms with van der Waals surface area (Å²) in [5.74, 6) is -1.10. The van der Waals surface area contributed by atoms with Crippen molar-refractivity contribution >= 4 is 33.2 Å². The van der Waals surface area contributed by atoms with Crippen LogP contribution in [0.3, 0.4) is 0 Å². The molecule has 2 amide bonds. The van der Waals surface area contributed by atoms with E-state index in [0.717, 1.165) is 29.8 Å². The lowest BCUT2D eigenvalue weighted by atomic mass is 10.1. The van der Waals surface area contributed by atoms with Gasteiger partial charge in [-0.2, -0.15) is 13.2 Å². The van der Waals surface area contributed by atoms with Crippen molar-refractivity contribution in [1.82, 2.24) is 5.32 Å². The van der Waals surface area contributed by atoms with Gasteiger partial charge >= 0.3 is 6.18 Å². The molecule has 0 atom stereocenters. The van der Waals surface area contributed by atoms with Gasteiger partial charge in [0.2, 0.25) is 5.91 Å². The van der Waals surface area contributed by atoms with Gasteiger partial charge in [-0.25, -0.2) is 8.42 Å². The number of nitrogens with zero attached hydrogens (tertiary/aromatic N) is 1. The molecule has 0 saturated carbocycles. The van der Waals surface area contributed by atoms with E-state index < -0.39 is 45.8 Å². The number of ether oxygens (including phenoxy) is 2. The summed E-state index contributed by atoms with van der Waals surface area (Å²) in [6.45, 7) is -0.597. The van der Waals surface area contributed by atoms with Crippen molar-refractivity contribution in [1.29, 1.82) is 0 Å². The van der Waals surface area contributed by atoms with Crippen LogP contribution >= 0.6 is 0 Å². The van der Waals surface area contributed by atoms with Crippen molar-refractivity contribution in [2.24, 2.45) is 0 Å². The second kappa shape index (κ2) is 14.2. The molecule has 9 nitrogen and oxygen atoms in total. The second-order valence-corrected chi connectivity index (χ2v) is 11.5. The highest BCUT2D eigenvalue weighted by Gasteiger charge is 2.34. The molecule has 2 N–H and O–H groups in total. The largest absolute Gasteiger partial charge is 0.493 e. The average molecular weight is 642 g/mol. The van der Waals surface area contributed by atoms with Crippen molar-refractivity contribution in [2.45, 2.75) is 17.5 Å². The number of hydrogen-bond donors (Lipinski definition) is 2. The molecule has 0 aromatic heterocycles. The number of sulfonamides is 1. The summed E-state index contributed by atoms with van der Waals surface area (Å²) >= 11 is 0. The van der Waals surface area contributed by atoms with Gasteiger partial charge in [-0.15, -0.1) is 0 Å². The Labute approximate surface area is 258 Å². The van der Waals surface area contributed by atoms with Crippen LogP contribution in [0, 0.1) is 0 Å². The molecule has 4 rings (SSSR count). The van der Waals surface area contributed by atoms with E-state index in [0.29, 0.717) is 23.3 Å². The monoisotopic (exact) mass is 641 g/mol. The Kier molecular flexibility index (Phi) is 10.3. The molecule has 13 heteroatoms. The smallest absolute Gasteiger partial charge is 0.416 e. The van der Waals surface area contributed by atoms with Crippen LogP contribution in [-0.2, 0) is 27.4 Å². The number of rotatable bonds is 12. The van der Waals surface area contributed by atoms with Crippen molar-refractivity contribution in [3.63, 3.8) is 0 Å². The van der Waals surface area contributed by atoms with E-state index in [9.17, 15) is 31.2 Å². The number of anilines is 2. The zero-order valence-electron chi connectivity index (χ0n) is 24.3. The van der Waals surface area contributed by atoms with Crippen LogP contribution in [0.2, 0.25) is 0 Å². The molecule has 4 aromatic rings. The fourth-order valence-corrected chi connectivity index (χ4v) is 5.86. The zero-order valence-corrected chi connectivity index (χ0v) is 25.1. The van der Waals surface area contributed by atoms with E-state index in [1.54, 1.807) is 12.1 Å². The molecule has 0 radical (unpaired) electrons. The minimum atomic E-state index is -4.77. The molecule has 0 aliphatic heterocycles. The molecule has 4 aromatic carbocycles. The maximum absolute atomic E-state index is 13.9. The Morgan fingerprint density at radius 2 is 1.51 bits per heavy atom. The van der Waals surface area contributed by atoms with Crippen molar-refractivity contribution in [3.8, 4) is 11.5 Å². The van der Waals surface area contributed by atoms with Gasteiger partial charge in [0, 0.05) is 12.6 Å². The lowest BCUT2D eigenvalue weighted by Gasteiger charge is -2.25. The zero-order chi connectivity index (χ0) is 32.6. The van der Waals surface area contributed by atoms with E-state index in [1.807, 2.05) is 30.3 Å². The third-order valence-electron chi connectivity index (χ3n) is 6.68. The van der Waals surface area contributed by atoms with Crippen molar-refractivity contribution < 1.29 is 40.7 Å². The van der Waals surface area contributed by atoms with Crippen LogP contribution < -0.4 is 24.4 Å². The van der Waals surface area contributed by atoms with Crippen LogP contribution in [0.5, 0.6) is 11.5 Å². The number of benzene rings is 4. The number of methoxy groups -OCH3 is 2. The third kappa shape index (κ3) is 8.12. The van der Waals surface area contributed by atoms with Gasteiger partial charge in [-0.05, 0) is 54.4 Å². The highest BCUT2D eigenvalue weighted by molar-refractivity contribution is 7.92. The van der Waals surface area contributed by atoms with Gasteiger partial charge in [0.1, 0.15) is 6.54 Å². The van der Waals surface area contributed by atoms with Crippen molar-refractivity contribution in [3.05, 3.63) is 114 Å². The Morgan fingerprint density at radius 3 is 2.20 bits per heavy atom. The van der Waals surface area contributed by atoms with Crippen LogP contribution in [0.1, 0.15) is 21.5 Å². The number of halogens is 3. The van der Waals surface area contributed by atoms with E-state index in [2.05, 4.69) is 10.6 Å². The molecule has 0 saturated heterocycles. The maximum Gasteiger partial charge on any atom is 0.416 e. The summed E-state index contributed by atoms with van der Waals surface area (Å²) in [5, 5.41) is 5.32. The van der Waals surface area contributed by atoms with Gasteiger partial charge in [-0.3, -0.25) is 13.9 Å². The fourth-order valence-electron chi connectivity index (χ4n) is 4.43. The predicted octanol–water partition coefficient (Wildman–Crippen LogP) is 5.53. The van der Waals surface area contributed by atoms with E-state index in [-0.39, 0.29) is 27.6 Å². The molecule has 0 aliphatic rings. The van der Waals surface area contributed by atoms with Gasteiger partial charge in [0.05, 0.1) is 41.6 Å². The molecule has 0 bridgehead atoms. The van der Waals surface area contributed by atoms with Gasteiger partial charge in [0.15, 0.2) is 11.5 Å². The van der Waals surface area contributed by atoms with Gasteiger partial charge < -0.3 is 20.1 Å². The van der Waals surface area contributed by atoms with E-state index >= 15 is 0 Å². The summed E-state index contributed by atoms with van der Waals surface area (Å²) in [6.07, 6.45) is -4.20. The lowest BCUT2D eigenvalue weighted by molar-refractivity contribution is -0.137. The van der Waals surface area contributed by atoms with Gasteiger partial charge in [-0.1, -0.05) is 48.5 Å². The molecular formula is C32H30F3N3O6S. The lowest BCUT2D eigenvalue weighted by Crippen LogP contribution is -2.38. The Hall–Kier alpha value is -5.04. The number of carbonyl (C=O) groups is 2. The molecule has 0 spiro atoms. The summed E-state index contributed by atoms with van der Waals surface area (Å²) in [6, 6.07) is 22.9. The first kappa shape index (κ1) is 32.9. The minimum absolute atomic E-state index is 0.0548. The number of amides is 2. The molecule has 0 fully saturated rings. The topological polar surface area (TPSA) is 114 Å². The molecule has 45 heavy (non-hydrogen) atoms. The summed E-state index contributed by atoms with van der Waals surface area (Å²) in [5.41, 5.74) is -0.281. The molecule has 0 heterocycles. The molecule has 236 valence electrons. The SMILES string of the molecule is COc1ccc(S(=O)(=O)N(CC(=O)Nc2ccccc2C(=O)NCCc2ccccc2)c2cccc(C(F)(F)F)c2)cc1OC. The van der Waals surface area contributed by atoms with Crippen LogP contribution in [0.15, 0.2) is 102 Å². The first-order chi connectivity index (χ1) is 21.4. The summed E-state index contributed by atoms with van der Waals surface area (Å²) < 4.78 is 79.4. The van der Waals surface area contributed by atoms with Gasteiger partial charge in [0.25, 0.3) is 15.9 Å².